The van der Waals surface area contributed by atoms with Crippen molar-refractivity contribution in [2.75, 3.05) is 70.2 Å². The Hall–Kier alpha value is -6.88. The molecule has 0 radical (unpaired) electrons. The highest BCUT2D eigenvalue weighted by atomic mass is 28.4. The zero-order chi connectivity index (χ0) is 54.9. The number of carbonyl (C=O) groups excluding carboxylic acids is 4. The molecule has 0 aliphatic carbocycles. The highest BCUT2D eigenvalue weighted by Crippen LogP contribution is 2.37. The molecule has 7 rings (SSSR count). The Morgan fingerprint density at radius 3 is 1.58 bits per heavy atom. The number of ether oxygens (including phenoxy) is 2. The molecule has 0 unspecified atom stereocenters. The molecule has 0 spiro atoms. The van der Waals surface area contributed by atoms with Crippen molar-refractivity contribution in [3.63, 3.8) is 0 Å². The van der Waals surface area contributed by atoms with Gasteiger partial charge in [-0.25, -0.2) is 9.97 Å². The van der Waals surface area contributed by atoms with E-state index in [1.165, 1.54) is 32.4 Å². The Morgan fingerprint density at radius 2 is 1.12 bits per heavy atom. The van der Waals surface area contributed by atoms with Crippen LogP contribution in [0.4, 0.5) is 11.9 Å². The number of benzene rings is 2. The Balaban J connectivity index is 1.08. The summed E-state index contributed by atoms with van der Waals surface area (Å²) in [6.45, 7) is 27.4. The first kappa shape index (κ1) is 56.8. The van der Waals surface area contributed by atoms with Crippen molar-refractivity contribution in [3.05, 3.63) is 82.5 Å². The molecule has 0 atom stereocenters. The van der Waals surface area contributed by atoms with E-state index >= 15 is 0 Å². The average Bonchev–Trinajstić information content (AvgIpc) is 4.15. The smallest absolute Gasteiger partial charge is 0.276 e. The number of imidazole rings is 2. The van der Waals surface area contributed by atoms with Crippen LogP contribution in [0.15, 0.2) is 48.6 Å². The molecule has 410 valence electrons. The van der Waals surface area contributed by atoms with E-state index in [4.69, 9.17) is 35.3 Å². The minimum absolute atomic E-state index is 0.171. The minimum Gasteiger partial charge on any atom is -0.494 e. The molecule has 6 aromatic rings. The van der Waals surface area contributed by atoms with Gasteiger partial charge in [0.2, 0.25) is 23.7 Å². The van der Waals surface area contributed by atoms with E-state index in [2.05, 4.69) is 64.5 Å². The van der Waals surface area contributed by atoms with Crippen LogP contribution < -0.4 is 31.6 Å². The van der Waals surface area contributed by atoms with Gasteiger partial charge in [0.1, 0.15) is 33.9 Å². The van der Waals surface area contributed by atoms with Crippen molar-refractivity contribution in [3.8, 4) is 11.5 Å². The molecule has 4 aromatic heterocycles. The molecule has 22 heteroatoms. The fourth-order valence-electron chi connectivity index (χ4n) is 9.23. The second kappa shape index (κ2) is 24.9. The van der Waals surface area contributed by atoms with Crippen LogP contribution in [0.25, 0.3) is 22.1 Å². The highest BCUT2D eigenvalue weighted by Gasteiger charge is 2.37. The van der Waals surface area contributed by atoms with Gasteiger partial charge in [-0.1, -0.05) is 45.8 Å². The van der Waals surface area contributed by atoms with Crippen LogP contribution in [0.3, 0.4) is 0 Å². The molecule has 1 aliphatic heterocycles. The van der Waals surface area contributed by atoms with E-state index in [-0.39, 0.29) is 41.2 Å². The first-order chi connectivity index (χ1) is 36.2. The maximum atomic E-state index is 14.0. The summed E-state index contributed by atoms with van der Waals surface area (Å²) in [4.78, 5) is 67.5. The average molecular weight is 1060 g/mol. The van der Waals surface area contributed by atoms with Crippen molar-refractivity contribution < 1.29 is 33.1 Å². The highest BCUT2D eigenvalue weighted by molar-refractivity contribution is 6.74. The summed E-state index contributed by atoms with van der Waals surface area (Å²) in [6, 6.07) is 9.71. The number of hydrogen-bond donors (Lipinski definition) is 4. The Bertz CT molecular complexity index is 3060. The van der Waals surface area contributed by atoms with Crippen molar-refractivity contribution in [2.24, 2.45) is 11.5 Å². The van der Waals surface area contributed by atoms with Crippen LogP contribution in [0.2, 0.25) is 18.1 Å². The zero-order valence-corrected chi connectivity index (χ0v) is 47.1. The molecule has 5 heterocycles. The minimum atomic E-state index is -1.69. The molecule has 1 saturated heterocycles. The molecular weight excluding hydrogens is 985 g/mol. The Morgan fingerprint density at radius 1 is 0.658 bits per heavy atom. The van der Waals surface area contributed by atoms with Gasteiger partial charge in [0.25, 0.3) is 11.8 Å². The quantitative estimate of drug-likeness (QED) is 0.0236. The first-order valence-corrected chi connectivity index (χ1v) is 29.4. The maximum Gasteiger partial charge on any atom is 0.276 e. The summed E-state index contributed by atoms with van der Waals surface area (Å²) in [5, 5.41) is 15.1. The van der Waals surface area contributed by atoms with Gasteiger partial charge in [0, 0.05) is 76.6 Å². The summed E-state index contributed by atoms with van der Waals surface area (Å²) in [7, 11) is -0.216. The predicted octanol–water partition coefficient (Wildman–Crippen LogP) is 7.37. The summed E-state index contributed by atoms with van der Waals surface area (Å²) >= 11 is 0. The molecular formula is C54H78N14O7Si. The molecule has 21 nitrogen and oxygen atoms in total. The van der Waals surface area contributed by atoms with E-state index in [1.54, 1.807) is 44.3 Å². The van der Waals surface area contributed by atoms with Crippen LogP contribution >= 0.6 is 0 Å². The number of aryl methyl sites for hydroxylation is 4. The van der Waals surface area contributed by atoms with Crippen LogP contribution in [-0.4, -0.2) is 140 Å². The van der Waals surface area contributed by atoms with Gasteiger partial charge in [0.05, 0.1) is 36.1 Å². The largest absolute Gasteiger partial charge is 0.494 e. The van der Waals surface area contributed by atoms with Gasteiger partial charge in [-0.15, -0.1) is 0 Å². The molecule has 4 amide bonds. The van der Waals surface area contributed by atoms with Gasteiger partial charge in [-0.2, -0.15) is 10.2 Å². The maximum absolute atomic E-state index is 14.0. The number of nitrogens with two attached hydrogens (primary N) is 2. The van der Waals surface area contributed by atoms with E-state index in [9.17, 15) is 19.2 Å². The number of methoxy groups -OCH3 is 1. The lowest BCUT2D eigenvalue weighted by Crippen LogP contribution is -2.46. The second-order valence-electron chi connectivity index (χ2n) is 21.0. The lowest BCUT2D eigenvalue weighted by atomic mass is 10.1. The first-order valence-electron chi connectivity index (χ1n) is 26.5. The number of allylic oxidation sites excluding steroid dienone is 2. The van der Waals surface area contributed by atoms with E-state index in [1.807, 2.05) is 44.4 Å². The van der Waals surface area contributed by atoms with Crippen molar-refractivity contribution in [2.45, 2.75) is 125 Å². The van der Waals surface area contributed by atoms with Crippen molar-refractivity contribution in [1.29, 1.82) is 0 Å². The number of piperazine rings is 1. The van der Waals surface area contributed by atoms with E-state index in [0.29, 0.717) is 76.0 Å². The van der Waals surface area contributed by atoms with E-state index in [0.717, 1.165) is 58.7 Å². The number of fused-ring (bicyclic) bond motifs is 2. The monoisotopic (exact) mass is 1060 g/mol. The SMILES string of the molecule is CCn1nc(C)cc1C(=O)Nc1nc2cc(C(N)=O)cc(OC)c2n1C/C=C/Cn1c(NC(=O)c2cc(C)nn2CC)nc2cc(C(N)=O)cc(OCCCN3CCN(CCCCCCO[Si](C)(C)C(C)(C)C)CC3)c21. The lowest BCUT2D eigenvalue weighted by molar-refractivity contribution is 0.0991. The number of hydrogen-bond acceptors (Lipinski definition) is 13. The second-order valence-corrected chi connectivity index (χ2v) is 25.8. The molecule has 6 N–H and O–H groups in total. The molecule has 0 saturated carbocycles. The lowest BCUT2D eigenvalue weighted by Gasteiger charge is -2.36. The summed E-state index contributed by atoms with van der Waals surface area (Å²) in [6.07, 6.45) is 9.21. The molecule has 76 heavy (non-hydrogen) atoms. The normalized spacial score (nSPS) is 13.8. The number of unbranched alkanes of at least 4 members (excludes halogenated alkanes) is 3. The van der Waals surface area contributed by atoms with Crippen LogP contribution in [-0.2, 0) is 30.6 Å². The third-order valence-corrected chi connectivity index (χ3v) is 19.0. The fourth-order valence-corrected chi connectivity index (χ4v) is 10.3. The Kier molecular flexibility index (Phi) is 18.6. The van der Waals surface area contributed by atoms with Gasteiger partial charge in [-0.05, 0) is 108 Å². The topological polar surface area (TPSA) is 250 Å². The number of anilines is 2. The third-order valence-electron chi connectivity index (χ3n) is 14.4. The fraction of sp³-hybridized carbons (Fsp3) is 0.519. The number of aromatic nitrogens is 8. The summed E-state index contributed by atoms with van der Waals surface area (Å²) in [5.74, 6) is -1.05. The molecule has 1 aliphatic rings. The van der Waals surface area contributed by atoms with E-state index < -0.39 is 31.9 Å². The number of primary amides is 2. The van der Waals surface area contributed by atoms with Gasteiger partial charge < -0.3 is 44.3 Å². The number of carbonyl (C=O) groups is 4. The summed E-state index contributed by atoms with van der Waals surface area (Å²) in [5.41, 5.74) is 15.9. The Labute approximate surface area is 446 Å². The van der Waals surface area contributed by atoms with Gasteiger partial charge >= 0.3 is 0 Å². The molecule has 2 aromatic carbocycles. The van der Waals surface area contributed by atoms with Crippen LogP contribution in [0.1, 0.15) is 120 Å². The zero-order valence-electron chi connectivity index (χ0n) is 46.1. The number of rotatable bonds is 26. The van der Waals surface area contributed by atoms with Crippen LogP contribution in [0, 0.1) is 13.8 Å². The van der Waals surface area contributed by atoms with Crippen LogP contribution in [0.5, 0.6) is 11.5 Å². The van der Waals surface area contributed by atoms with Crippen molar-refractivity contribution in [1.82, 2.24) is 48.5 Å². The number of amides is 4. The molecule has 0 bridgehead atoms. The summed E-state index contributed by atoms with van der Waals surface area (Å²) < 4.78 is 25.5. The molecule has 1 fully saturated rings. The van der Waals surface area contributed by atoms with Gasteiger partial charge in [0.15, 0.2) is 8.32 Å². The number of nitrogens with zero attached hydrogens (tertiary/aromatic N) is 10. The van der Waals surface area contributed by atoms with Crippen molar-refractivity contribution >= 4 is 65.9 Å². The predicted molar refractivity (Wildman–Crippen MR) is 298 cm³/mol. The van der Waals surface area contributed by atoms with Gasteiger partial charge in [-0.3, -0.25) is 39.2 Å². The number of nitrogens with one attached hydrogen (secondary N) is 2. The standard InChI is InChI=1S/C54H78N14O7Si/c1-11-67-42(30-36(3)61-67)50(71)59-52-57-40-32-38(48(55)69)34-44(73-8)46(40)65(52)22-16-17-23-66-47-41(58-53(66)60-51(72)43-31-37(4)62-68(43)12-2)33-39(49(56)70)35-45(47)74-28-19-21-64-26-24-63(25-27-64)20-15-13-14-18-29-75-76(9,10)54(5,6)7/h16-17,30-35H,11-15,18-29H2,1-10H3,(H2,55,69)(H2,56,70)(H,57,59,71)(H,58,60,72)/b17-16+. The third kappa shape index (κ3) is 13.6.